The van der Waals surface area contributed by atoms with E-state index in [1.807, 2.05) is 4.90 Å². The van der Waals surface area contributed by atoms with Gasteiger partial charge in [-0.2, -0.15) is 0 Å². The third kappa shape index (κ3) is 4.48. The second-order valence-electron chi connectivity index (χ2n) is 5.79. The van der Waals surface area contributed by atoms with Gasteiger partial charge < -0.3 is 15.5 Å². The Bertz CT molecular complexity index is 795. The number of halogens is 2. The van der Waals surface area contributed by atoms with Crippen LogP contribution in [0.3, 0.4) is 0 Å². The number of carbonyl (C=O) groups excluding carboxylic acids is 2. The topological polar surface area (TPSA) is 61.4 Å². The number of nitrogens with one attached hydrogen (secondary N) is 2. The zero-order chi connectivity index (χ0) is 17.8. The molecule has 1 aliphatic heterocycles. The van der Waals surface area contributed by atoms with Crippen molar-refractivity contribution in [3.05, 3.63) is 58.9 Å². The van der Waals surface area contributed by atoms with Crippen LogP contribution in [0.2, 0.25) is 5.02 Å². The average molecular weight is 362 g/mol. The molecule has 130 valence electrons. The third-order valence-electron chi connectivity index (χ3n) is 3.89. The number of hydrogen-bond donors (Lipinski definition) is 2. The van der Waals surface area contributed by atoms with Gasteiger partial charge in [-0.3, -0.25) is 9.59 Å². The maximum absolute atomic E-state index is 12.9. The first-order chi connectivity index (χ1) is 12.0. The van der Waals surface area contributed by atoms with Crippen molar-refractivity contribution in [2.75, 3.05) is 29.9 Å². The Morgan fingerprint density at radius 3 is 2.68 bits per heavy atom. The second-order valence-corrected chi connectivity index (χ2v) is 6.20. The van der Waals surface area contributed by atoms with Crippen LogP contribution < -0.4 is 15.5 Å². The van der Waals surface area contributed by atoms with Crippen LogP contribution in [-0.4, -0.2) is 31.4 Å². The first-order valence-electron chi connectivity index (χ1n) is 7.87. The van der Waals surface area contributed by atoms with E-state index in [0.29, 0.717) is 23.8 Å². The van der Waals surface area contributed by atoms with Crippen molar-refractivity contribution in [1.29, 1.82) is 0 Å². The molecular formula is C18H17ClFN3O2. The molecule has 0 spiro atoms. The molecule has 7 heteroatoms. The monoisotopic (exact) mass is 361 g/mol. The van der Waals surface area contributed by atoms with Crippen molar-refractivity contribution in [2.24, 2.45) is 0 Å². The molecular weight excluding hydrogens is 345 g/mol. The lowest BCUT2D eigenvalue weighted by molar-refractivity contribution is -0.120. The zero-order valence-electron chi connectivity index (χ0n) is 13.4. The average Bonchev–Trinajstić information content (AvgIpc) is 2.57. The van der Waals surface area contributed by atoms with E-state index >= 15 is 0 Å². The molecule has 2 aromatic carbocycles. The standard InChI is InChI=1S/C18H17ClFN3O2/c19-15-10-14(5-6-16(15)23-8-7-21-18(25)11-23)22-17(24)9-12-1-3-13(20)4-2-12/h1-6,10H,7-9,11H2,(H,21,25)(H,22,24). The number of benzene rings is 2. The normalized spacial score (nSPS) is 14.2. The van der Waals surface area contributed by atoms with Gasteiger partial charge in [0.05, 0.1) is 23.7 Å². The van der Waals surface area contributed by atoms with Crippen molar-refractivity contribution in [3.63, 3.8) is 0 Å². The van der Waals surface area contributed by atoms with Crippen molar-refractivity contribution < 1.29 is 14.0 Å². The molecule has 2 amide bonds. The molecule has 0 unspecified atom stereocenters. The molecule has 0 aromatic heterocycles. The van der Waals surface area contributed by atoms with Crippen LogP contribution >= 0.6 is 11.6 Å². The van der Waals surface area contributed by atoms with Crippen LogP contribution in [0.4, 0.5) is 15.8 Å². The van der Waals surface area contributed by atoms with E-state index in [9.17, 15) is 14.0 Å². The maximum atomic E-state index is 12.9. The number of rotatable bonds is 4. The van der Waals surface area contributed by atoms with Crippen LogP contribution in [0.5, 0.6) is 0 Å². The summed E-state index contributed by atoms with van der Waals surface area (Å²) in [5.74, 6) is -0.593. The number of carbonyl (C=O) groups is 2. The highest BCUT2D eigenvalue weighted by atomic mass is 35.5. The smallest absolute Gasteiger partial charge is 0.239 e. The number of nitrogens with zero attached hydrogens (tertiary/aromatic N) is 1. The quantitative estimate of drug-likeness (QED) is 0.880. The SMILES string of the molecule is O=C1CN(c2ccc(NC(=O)Cc3ccc(F)cc3)cc2Cl)CCN1. The summed E-state index contributed by atoms with van der Waals surface area (Å²) in [5, 5.41) is 6.00. The first kappa shape index (κ1) is 17.2. The number of amides is 2. The summed E-state index contributed by atoms with van der Waals surface area (Å²) in [6.45, 7) is 1.52. The lowest BCUT2D eigenvalue weighted by Gasteiger charge is -2.29. The predicted octanol–water partition coefficient (Wildman–Crippen LogP) is 2.60. The molecule has 0 radical (unpaired) electrons. The summed E-state index contributed by atoms with van der Waals surface area (Å²) < 4.78 is 12.9. The van der Waals surface area contributed by atoms with Gasteiger partial charge in [0.1, 0.15) is 5.82 Å². The second kappa shape index (κ2) is 7.53. The molecule has 3 rings (SSSR count). The van der Waals surface area contributed by atoms with Crippen LogP contribution in [0.1, 0.15) is 5.56 Å². The van der Waals surface area contributed by atoms with E-state index in [-0.39, 0.29) is 30.6 Å². The Balaban J connectivity index is 1.65. The maximum Gasteiger partial charge on any atom is 0.239 e. The van der Waals surface area contributed by atoms with Gasteiger partial charge in [0.2, 0.25) is 11.8 Å². The highest BCUT2D eigenvalue weighted by molar-refractivity contribution is 6.33. The summed E-state index contributed by atoms with van der Waals surface area (Å²) in [5.41, 5.74) is 2.05. The van der Waals surface area contributed by atoms with Gasteiger partial charge in [-0.05, 0) is 35.9 Å². The molecule has 1 heterocycles. The van der Waals surface area contributed by atoms with Crippen LogP contribution in [0.15, 0.2) is 42.5 Å². The Hall–Kier alpha value is -2.60. The first-order valence-corrected chi connectivity index (χ1v) is 8.24. The summed E-state index contributed by atoms with van der Waals surface area (Å²) >= 11 is 6.31. The lowest BCUT2D eigenvalue weighted by Crippen LogP contribution is -2.47. The molecule has 1 saturated heterocycles. The number of hydrogen-bond acceptors (Lipinski definition) is 3. The molecule has 2 aromatic rings. The summed E-state index contributed by atoms with van der Waals surface area (Å²) in [6.07, 6.45) is 0.145. The van der Waals surface area contributed by atoms with Gasteiger partial charge in [0, 0.05) is 18.8 Å². The third-order valence-corrected chi connectivity index (χ3v) is 4.19. The molecule has 2 N–H and O–H groups in total. The van der Waals surface area contributed by atoms with E-state index in [0.717, 1.165) is 11.3 Å². The van der Waals surface area contributed by atoms with Gasteiger partial charge in [0.15, 0.2) is 0 Å². The highest BCUT2D eigenvalue weighted by Gasteiger charge is 2.18. The molecule has 0 bridgehead atoms. The molecule has 0 aliphatic carbocycles. The molecule has 0 atom stereocenters. The number of anilines is 2. The molecule has 25 heavy (non-hydrogen) atoms. The fourth-order valence-electron chi connectivity index (χ4n) is 2.68. The van der Waals surface area contributed by atoms with Gasteiger partial charge >= 0.3 is 0 Å². The largest absolute Gasteiger partial charge is 0.359 e. The van der Waals surface area contributed by atoms with Gasteiger partial charge in [-0.25, -0.2) is 4.39 Å². The highest BCUT2D eigenvalue weighted by Crippen LogP contribution is 2.29. The minimum atomic E-state index is -0.335. The van der Waals surface area contributed by atoms with Crippen LogP contribution in [-0.2, 0) is 16.0 Å². The van der Waals surface area contributed by atoms with Crippen LogP contribution in [0.25, 0.3) is 0 Å². The molecule has 5 nitrogen and oxygen atoms in total. The van der Waals surface area contributed by atoms with Crippen molar-refractivity contribution in [1.82, 2.24) is 5.32 Å². The summed E-state index contributed by atoms with van der Waals surface area (Å²) in [4.78, 5) is 25.5. The zero-order valence-corrected chi connectivity index (χ0v) is 14.1. The van der Waals surface area contributed by atoms with Crippen molar-refractivity contribution in [2.45, 2.75) is 6.42 Å². The van der Waals surface area contributed by atoms with Gasteiger partial charge in [-0.1, -0.05) is 23.7 Å². The Labute approximate surface area is 149 Å². The molecule has 1 fully saturated rings. The van der Waals surface area contributed by atoms with Crippen molar-refractivity contribution in [3.8, 4) is 0 Å². The van der Waals surface area contributed by atoms with E-state index in [2.05, 4.69) is 10.6 Å². The lowest BCUT2D eigenvalue weighted by atomic mass is 10.1. The van der Waals surface area contributed by atoms with E-state index in [1.165, 1.54) is 12.1 Å². The van der Waals surface area contributed by atoms with Gasteiger partial charge in [-0.15, -0.1) is 0 Å². The van der Waals surface area contributed by atoms with E-state index in [4.69, 9.17) is 11.6 Å². The fraction of sp³-hybridized carbons (Fsp3) is 0.222. The Kier molecular flexibility index (Phi) is 5.19. The minimum absolute atomic E-state index is 0.0426. The Morgan fingerprint density at radius 2 is 2.00 bits per heavy atom. The Morgan fingerprint density at radius 1 is 1.24 bits per heavy atom. The number of piperazine rings is 1. The predicted molar refractivity (Wildman–Crippen MR) is 95.4 cm³/mol. The summed E-state index contributed by atoms with van der Waals surface area (Å²) in [7, 11) is 0. The van der Waals surface area contributed by atoms with Gasteiger partial charge in [0.25, 0.3) is 0 Å². The van der Waals surface area contributed by atoms with E-state index < -0.39 is 0 Å². The summed E-state index contributed by atoms with van der Waals surface area (Å²) in [6, 6.07) is 11.0. The molecule has 1 aliphatic rings. The minimum Gasteiger partial charge on any atom is -0.359 e. The van der Waals surface area contributed by atoms with Crippen molar-refractivity contribution >= 4 is 34.8 Å². The van der Waals surface area contributed by atoms with Crippen LogP contribution in [0, 0.1) is 5.82 Å². The van der Waals surface area contributed by atoms with E-state index in [1.54, 1.807) is 30.3 Å². The fourth-order valence-corrected chi connectivity index (χ4v) is 2.98. The molecule has 0 saturated carbocycles.